The first-order valence-corrected chi connectivity index (χ1v) is 8.71. The van der Waals surface area contributed by atoms with Gasteiger partial charge in [0.05, 0.1) is 6.10 Å². The van der Waals surface area contributed by atoms with Crippen LogP contribution in [0.15, 0.2) is 0 Å². The molecule has 5 unspecified atom stereocenters. The topological polar surface area (TPSA) is 55.6 Å². The van der Waals surface area contributed by atoms with Gasteiger partial charge in [0.1, 0.15) is 6.10 Å². The van der Waals surface area contributed by atoms with Gasteiger partial charge in [0.2, 0.25) is 0 Å². The summed E-state index contributed by atoms with van der Waals surface area (Å²) in [5, 5.41) is 0. The van der Waals surface area contributed by atoms with Gasteiger partial charge in [0.15, 0.2) is 0 Å². The maximum Gasteiger partial charge on any atom is 0.251 e. The van der Waals surface area contributed by atoms with Crippen LogP contribution in [-0.4, -0.2) is 42.1 Å². The first kappa shape index (κ1) is 19.7. The summed E-state index contributed by atoms with van der Waals surface area (Å²) in [6, 6.07) is 0.300. The summed E-state index contributed by atoms with van der Waals surface area (Å²) in [4.78, 5) is 14.8. The molecule has 0 aromatic carbocycles. The van der Waals surface area contributed by atoms with Crippen LogP contribution in [0.2, 0.25) is 0 Å². The van der Waals surface area contributed by atoms with Crippen molar-refractivity contribution in [3.8, 4) is 0 Å². The molecule has 5 heteroatoms. The predicted octanol–water partition coefficient (Wildman–Crippen LogP) is 2.98. The van der Waals surface area contributed by atoms with Crippen molar-refractivity contribution < 1.29 is 9.53 Å². The zero-order valence-corrected chi connectivity index (χ0v) is 15.1. The Labute approximate surface area is 141 Å². The van der Waals surface area contributed by atoms with E-state index < -0.39 is 0 Å². The van der Waals surface area contributed by atoms with Crippen LogP contribution in [0.4, 0.5) is 0 Å². The van der Waals surface area contributed by atoms with Crippen molar-refractivity contribution in [2.75, 3.05) is 13.1 Å². The van der Waals surface area contributed by atoms with E-state index in [0.717, 1.165) is 38.1 Å². The minimum Gasteiger partial charge on any atom is -0.365 e. The molecule has 1 amide bonds. The number of hydrogen-bond acceptors (Lipinski definition) is 3. The van der Waals surface area contributed by atoms with Gasteiger partial charge in [-0.15, -0.1) is 12.4 Å². The summed E-state index contributed by atoms with van der Waals surface area (Å²) in [5.74, 6) is 1.36. The van der Waals surface area contributed by atoms with Gasteiger partial charge in [-0.3, -0.25) is 4.79 Å². The van der Waals surface area contributed by atoms with Gasteiger partial charge in [-0.25, -0.2) is 0 Å². The molecule has 130 valence electrons. The van der Waals surface area contributed by atoms with Gasteiger partial charge in [0, 0.05) is 12.6 Å². The molecule has 4 nitrogen and oxygen atoms in total. The van der Waals surface area contributed by atoms with Crippen LogP contribution in [0.25, 0.3) is 0 Å². The maximum absolute atomic E-state index is 12.8. The zero-order valence-electron chi connectivity index (χ0n) is 14.3. The number of carbonyl (C=O) groups excluding carboxylic acids is 1. The Morgan fingerprint density at radius 3 is 2.59 bits per heavy atom. The highest BCUT2D eigenvalue weighted by Crippen LogP contribution is 2.29. The quantitative estimate of drug-likeness (QED) is 0.842. The van der Waals surface area contributed by atoms with Crippen molar-refractivity contribution >= 4 is 18.3 Å². The van der Waals surface area contributed by atoms with E-state index in [9.17, 15) is 4.79 Å². The van der Waals surface area contributed by atoms with Gasteiger partial charge >= 0.3 is 0 Å². The summed E-state index contributed by atoms with van der Waals surface area (Å²) < 4.78 is 6.18. The molecule has 2 fully saturated rings. The molecule has 2 rings (SSSR count). The van der Waals surface area contributed by atoms with Crippen molar-refractivity contribution in [2.24, 2.45) is 17.6 Å². The molecule has 1 heterocycles. The van der Waals surface area contributed by atoms with Gasteiger partial charge in [-0.1, -0.05) is 26.7 Å². The Balaban J connectivity index is 0.00000242. The first-order valence-electron chi connectivity index (χ1n) is 8.71. The van der Waals surface area contributed by atoms with E-state index >= 15 is 0 Å². The van der Waals surface area contributed by atoms with E-state index in [4.69, 9.17) is 10.5 Å². The second-order valence-electron chi connectivity index (χ2n) is 7.10. The summed E-state index contributed by atoms with van der Waals surface area (Å²) in [5.41, 5.74) is 5.76. The van der Waals surface area contributed by atoms with Crippen LogP contribution in [0, 0.1) is 11.8 Å². The van der Waals surface area contributed by atoms with Crippen molar-refractivity contribution in [1.29, 1.82) is 0 Å². The van der Waals surface area contributed by atoms with Crippen LogP contribution in [-0.2, 0) is 9.53 Å². The van der Waals surface area contributed by atoms with Crippen molar-refractivity contribution in [1.82, 2.24) is 4.90 Å². The lowest BCUT2D eigenvalue weighted by Crippen LogP contribution is -2.44. The van der Waals surface area contributed by atoms with Crippen LogP contribution < -0.4 is 5.73 Å². The number of halogens is 1. The first-order chi connectivity index (χ1) is 10.0. The summed E-state index contributed by atoms with van der Waals surface area (Å²) in [6.07, 6.45) is 6.53. The number of nitrogens with two attached hydrogens (primary N) is 1. The molecule has 1 saturated carbocycles. The second-order valence-corrected chi connectivity index (χ2v) is 7.10. The van der Waals surface area contributed by atoms with Crippen LogP contribution in [0.3, 0.4) is 0 Å². The van der Waals surface area contributed by atoms with Gasteiger partial charge < -0.3 is 15.4 Å². The number of rotatable bonds is 5. The standard InChI is InChI=1S/C17H32N2O2.ClH/c1-4-16(21-15-7-5-6-12(2)8-15)17(20)19-11-14(10-18)9-13(19)3;/h12-16H,4-11,18H2,1-3H3;1H. The molecule has 22 heavy (non-hydrogen) atoms. The molecule has 1 aliphatic heterocycles. The average molecular weight is 333 g/mol. The van der Waals surface area contributed by atoms with Gasteiger partial charge in [-0.05, 0) is 51.0 Å². The smallest absolute Gasteiger partial charge is 0.251 e. The third kappa shape index (κ3) is 4.84. The van der Waals surface area contributed by atoms with Crippen molar-refractivity contribution in [3.05, 3.63) is 0 Å². The molecule has 0 bridgehead atoms. The normalized spacial score (nSPS) is 33.4. The summed E-state index contributed by atoms with van der Waals surface area (Å²) in [6.45, 7) is 7.94. The lowest BCUT2D eigenvalue weighted by molar-refractivity contribution is -0.150. The van der Waals surface area contributed by atoms with E-state index in [1.807, 2.05) is 4.90 Å². The Morgan fingerprint density at radius 1 is 1.32 bits per heavy atom. The molecule has 1 saturated heterocycles. The molecule has 0 aromatic heterocycles. The number of ether oxygens (including phenoxy) is 1. The molecular weight excluding hydrogens is 300 g/mol. The fourth-order valence-corrected chi connectivity index (χ4v) is 3.87. The molecule has 5 atom stereocenters. The summed E-state index contributed by atoms with van der Waals surface area (Å²) in [7, 11) is 0. The highest BCUT2D eigenvalue weighted by molar-refractivity contribution is 5.85. The molecule has 2 aliphatic rings. The van der Waals surface area contributed by atoms with E-state index in [1.165, 1.54) is 12.8 Å². The molecule has 0 aromatic rings. The number of carbonyl (C=O) groups is 1. The Bertz CT molecular complexity index is 354. The highest BCUT2D eigenvalue weighted by atomic mass is 35.5. The lowest BCUT2D eigenvalue weighted by atomic mass is 9.88. The SMILES string of the molecule is CCC(OC1CCCC(C)C1)C(=O)N1CC(CN)CC1C.Cl. The van der Waals surface area contributed by atoms with Crippen LogP contribution in [0.5, 0.6) is 0 Å². The Morgan fingerprint density at radius 2 is 2.05 bits per heavy atom. The van der Waals surface area contributed by atoms with E-state index in [1.54, 1.807) is 0 Å². The number of nitrogens with zero attached hydrogens (tertiary/aromatic N) is 1. The molecular formula is C17H33ClN2O2. The molecule has 2 N–H and O–H groups in total. The predicted molar refractivity (Wildman–Crippen MR) is 92.2 cm³/mol. The molecule has 0 radical (unpaired) electrons. The average Bonchev–Trinajstić information content (AvgIpc) is 2.85. The van der Waals surface area contributed by atoms with E-state index in [2.05, 4.69) is 20.8 Å². The lowest BCUT2D eigenvalue weighted by Gasteiger charge is -2.32. The minimum atomic E-state index is -0.265. The molecule has 1 aliphatic carbocycles. The maximum atomic E-state index is 12.8. The van der Waals surface area contributed by atoms with Crippen molar-refractivity contribution in [3.63, 3.8) is 0 Å². The Hall–Kier alpha value is -0.320. The third-order valence-electron chi connectivity index (χ3n) is 5.17. The van der Waals surface area contributed by atoms with Crippen LogP contribution >= 0.6 is 12.4 Å². The van der Waals surface area contributed by atoms with Crippen LogP contribution in [0.1, 0.15) is 59.3 Å². The van der Waals surface area contributed by atoms with E-state index in [-0.39, 0.29) is 30.5 Å². The summed E-state index contributed by atoms with van der Waals surface area (Å²) >= 11 is 0. The number of likely N-dealkylation sites (tertiary alicyclic amines) is 1. The molecule has 0 spiro atoms. The van der Waals surface area contributed by atoms with Gasteiger partial charge in [-0.2, -0.15) is 0 Å². The monoisotopic (exact) mass is 332 g/mol. The third-order valence-corrected chi connectivity index (χ3v) is 5.17. The fraction of sp³-hybridized carbons (Fsp3) is 0.941. The van der Waals surface area contributed by atoms with E-state index in [0.29, 0.717) is 18.5 Å². The highest BCUT2D eigenvalue weighted by Gasteiger charge is 2.36. The number of hydrogen-bond donors (Lipinski definition) is 1. The zero-order chi connectivity index (χ0) is 15.4. The largest absolute Gasteiger partial charge is 0.365 e. The fourth-order valence-electron chi connectivity index (χ4n) is 3.87. The number of amides is 1. The van der Waals surface area contributed by atoms with Gasteiger partial charge in [0.25, 0.3) is 5.91 Å². The van der Waals surface area contributed by atoms with Crippen molar-refractivity contribution in [2.45, 2.75) is 77.5 Å². The second kappa shape index (κ2) is 9.09. The Kier molecular flexibility index (Phi) is 8.15. The minimum absolute atomic E-state index is 0.